The Morgan fingerprint density at radius 1 is 1.43 bits per heavy atom. The molecule has 0 spiro atoms. The number of hydrogen-bond donors (Lipinski definition) is 3. The molecule has 0 aliphatic heterocycles. The Hall–Kier alpha value is -1.22. The summed E-state index contributed by atoms with van der Waals surface area (Å²) in [5.41, 5.74) is 7.82. The van der Waals surface area contributed by atoms with Crippen molar-refractivity contribution >= 4 is 11.4 Å². The predicted molar refractivity (Wildman–Crippen MR) is 60.4 cm³/mol. The van der Waals surface area contributed by atoms with Crippen LogP contribution >= 0.6 is 0 Å². The highest BCUT2D eigenvalue weighted by molar-refractivity contribution is 5.62. The van der Waals surface area contributed by atoms with Crippen molar-refractivity contribution in [3.8, 4) is 0 Å². The van der Waals surface area contributed by atoms with Crippen molar-refractivity contribution in [1.82, 2.24) is 0 Å². The molecule has 1 rings (SSSR count). The van der Waals surface area contributed by atoms with Crippen molar-refractivity contribution in [2.45, 2.75) is 26.4 Å². The van der Waals surface area contributed by atoms with Gasteiger partial charge in [-0.25, -0.2) is 0 Å². The van der Waals surface area contributed by atoms with Crippen LogP contribution in [0.3, 0.4) is 0 Å². The van der Waals surface area contributed by atoms with Gasteiger partial charge in [0.2, 0.25) is 0 Å². The molecular formula is C11H18N2O. The molecule has 0 radical (unpaired) electrons. The summed E-state index contributed by atoms with van der Waals surface area (Å²) in [6.45, 7) is 6.00. The molecule has 3 nitrogen and oxygen atoms in total. The monoisotopic (exact) mass is 194 g/mol. The molecule has 1 aromatic rings. The largest absolute Gasteiger partial charge is 0.398 e. The van der Waals surface area contributed by atoms with Gasteiger partial charge in [-0.2, -0.15) is 0 Å². The van der Waals surface area contributed by atoms with Gasteiger partial charge < -0.3 is 16.2 Å². The highest BCUT2D eigenvalue weighted by Crippen LogP contribution is 2.20. The average molecular weight is 194 g/mol. The second-order valence-electron chi connectivity index (χ2n) is 4.19. The van der Waals surface area contributed by atoms with Crippen LogP contribution in [0.1, 0.15) is 19.4 Å². The Bertz CT molecular complexity index is 316. The maximum atomic E-state index is 9.55. The van der Waals surface area contributed by atoms with Crippen LogP contribution in [-0.4, -0.2) is 17.3 Å². The number of benzene rings is 1. The zero-order chi connectivity index (χ0) is 10.8. The highest BCUT2D eigenvalue weighted by atomic mass is 16.3. The minimum Gasteiger partial charge on any atom is -0.398 e. The number of aliphatic hydroxyl groups is 1. The van der Waals surface area contributed by atoms with Gasteiger partial charge in [-0.3, -0.25) is 0 Å². The van der Waals surface area contributed by atoms with Gasteiger partial charge in [-0.05, 0) is 38.5 Å². The first-order valence-corrected chi connectivity index (χ1v) is 4.71. The van der Waals surface area contributed by atoms with E-state index in [1.165, 1.54) is 0 Å². The Labute approximate surface area is 84.9 Å². The Kier molecular flexibility index (Phi) is 3.01. The van der Waals surface area contributed by atoms with Crippen molar-refractivity contribution in [2.24, 2.45) is 0 Å². The molecule has 0 aromatic heterocycles. The lowest BCUT2D eigenvalue weighted by atomic mass is 10.1. The Morgan fingerprint density at radius 3 is 2.64 bits per heavy atom. The van der Waals surface area contributed by atoms with Crippen LogP contribution in [0.25, 0.3) is 0 Å². The molecule has 3 heteroatoms. The van der Waals surface area contributed by atoms with E-state index in [4.69, 9.17) is 5.73 Å². The molecule has 14 heavy (non-hydrogen) atoms. The second kappa shape index (κ2) is 3.88. The Morgan fingerprint density at radius 2 is 2.07 bits per heavy atom. The van der Waals surface area contributed by atoms with Gasteiger partial charge in [-0.15, -0.1) is 0 Å². The number of nitrogens with two attached hydrogens (primary N) is 1. The van der Waals surface area contributed by atoms with E-state index in [1.807, 2.05) is 25.1 Å². The van der Waals surface area contributed by atoms with Crippen LogP contribution in [0.5, 0.6) is 0 Å². The number of anilines is 2. The molecular weight excluding hydrogens is 176 g/mol. The lowest BCUT2D eigenvalue weighted by Gasteiger charge is -2.19. The summed E-state index contributed by atoms with van der Waals surface area (Å²) < 4.78 is 0. The third kappa shape index (κ3) is 2.92. The summed E-state index contributed by atoms with van der Waals surface area (Å²) in [6, 6.07) is 5.72. The van der Waals surface area contributed by atoms with Gasteiger partial charge in [-0.1, -0.05) is 6.07 Å². The molecule has 0 amide bonds. The van der Waals surface area contributed by atoms with Crippen molar-refractivity contribution in [3.05, 3.63) is 23.8 Å². The van der Waals surface area contributed by atoms with E-state index >= 15 is 0 Å². The molecule has 0 atom stereocenters. The van der Waals surface area contributed by atoms with Gasteiger partial charge in [0.25, 0.3) is 0 Å². The van der Waals surface area contributed by atoms with Crippen molar-refractivity contribution < 1.29 is 5.11 Å². The molecule has 78 valence electrons. The minimum absolute atomic E-state index is 0.511. The normalized spacial score (nSPS) is 11.4. The molecule has 1 aromatic carbocycles. The van der Waals surface area contributed by atoms with Crippen LogP contribution in [0, 0.1) is 6.92 Å². The number of rotatable bonds is 3. The van der Waals surface area contributed by atoms with Crippen LogP contribution in [0.2, 0.25) is 0 Å². The molecule has 0 heterocycles. The summed E-state index contributed by atoms with van der Waals surface area (Å²) in [5.74, 6) is 0. The average Bonchev–Trinajstić information content (AvgIpc) is 2.06. The fourth-order valence-electron chi connectivity index (χ4n) is 1.16. The predicted octanol–water partition coefficient (Wildman–Crippen LogP) is 1.76. The highest BCUT2D eigenvalue weighted by Gasteiger charge is 2.12. The number of hydrogen-bond acceptors (Lipinski definition) is 3. The first-order chi connectivity index (χ1) is 6.40. The number of nitrogen functional groups attached to an aromatic ring is 1. The third-order valence-corrected chi connectivity index (χ3v) is 2.09. The summed E-state index contributed by atoms with van der Waals surface area (Å²) in [7, 11) is 0. The van der Waals surface area contributed by atoms with Gasteiger partial charge in [0.05, 0.1) is 5.60 Å². The smallest absolute Gasteiger partial charge is 0.0763 e. The van der Waals surface area contributed by atoms with Gasteiger partial charge in [0, 0.05) is 17.9 Å². The van der Waals surface area contributed by atoms with Crippen LogP contribution < -0.4 is 11.1 Å². The maximum absolute atomic E-state index is 9.55. The van der Waals surface area contributed by atoms with E-state index in [2.05, 4.69) is 5.32 Å². The van der Waals surface area contributed by atoms with E-state index in [9.17, 15) is 5.11 Å². The van der Waals surface area contributed by atoms with Gasteiger partial charge >= 0.3 is 0 Å². The zero-order valence-electron chi connectivity index (χ0n) is 8.96. The van der Waals surface area contributed by atoms with E-state index in [0.717, 1.165) is 16.9 Å². The summed E-state index contributed by atoms with van der Waals surface area (Å²) in [5, 5.41) is 12.7. The Balaban J connectivity index is 2.73. The quantitative estimate of drug-likeness (QED) is 0.643. The fraction of sp³-hybridized carbons (Fsp3) is 0.455. The molecule has 0 bridgehead atoms. The fourth-order valence-corrected chi connectivity index (χ4v) is 1.16. The van der Waals surface area contributed by atoms with Crippen LogP contribution in [0.4, 0.5) is 11.4 Å². The SMILES string of the molecule is Cc1c(N)cccc1NCC(C)(C)O. The van der Waals surface area contributed by atoms with Crippen molar-refractivity contribution in [2.75, 3.05) is 17.6 Å². The molecule has 0 aliphatic carbocycles. The first-order valence-electron chi connectivity index (χ1n) is 4.71. The van der Waals surface area contributed by atoms with Gasteiger partial charge in [0.15, 0.2) is 0 Å². The molecule has 0 aliphatic rings. The second-order valence-corrected chi connectivity index (χ2v) is 4.19. The van der Waals surface area contributed by atoms with Crippen molar-refractivity contribution in [1.29, 1.82) is 0 Å². The minimum atomic E-state index is -0.711. The molecule has 0 unspecified atom stereocenters. The van der Waals surface area contributed by atoms with Crippen LogP contribution in [0.15, 0.2) is 18.2 Å². The van der Waals surface area contributed by atoms with E-state index in [1.54, 1.807) is 13.8 Å². The standard InChI is InChI=1S/C11H18N2O/c1-8-9(12)5-4-6-10(8)13-7-11(2,3)14/h4-6,13-14H,7,12H2,1-3H3. The summed E-state index contributed by atoms with van der Waals surface area (Å²) in [6.07, 6.45) is 0. The molecule has 0 saturated heterocycles. The zero-order valence-corrected chi connectivity index (χ0v) is 8.96. The maximum Gasteiger partial charge on any atom is 0.0763 e. The lowest BCUT2D eigenvalue weighted by molar-refractivity contribution is 0.0945. The van der Waals surface area contributed by atoms with Gasteiger partial charge in [0.1, 0.15) is 0 Å². The molecule has 0 saturated carbocycles. The third-order valence-electron chi connectivity index (χ3n) is 2.09. The first kappa shape index (κ1) is 10.9. The van der Waals surface area contributed by atoms with E-state index in [-0.39, 0.29) is 0 Å². The van der Waals surface area contributed by atoms with E-state index in [0.29, 0.717) is 6.54 Å². The van der Waals surface area contributed by atoms with Crippen LogP contribution in [-0.2, 0) is 0 Å². The molecule has 4 N–H and O–H groups in total. The molecule has 0 fully saturated rings. The summed E-state index contributed by atoms with van der Waals surface area (Å²) in [4.78, 5) is 0. The lowest BCUT2D eigenvalue weighted by Crippen LogP contribution is -2.29. The summed E-state index contributed by atoms with van der Waals surface area (Å²) >= 11 is 0. The van der Waals surface area contributed by atoms with E-state index < -0.39 is 5.60 Å². The number of nitrogens with one attached hydrogen (secondary N) is 1. The topological polar surface area (TPSA) is 58.3 Å². The van der Waals surface area contributed by atoms with Crippen molar-refractivity contribution in [3.63, 3.8) is 0 Å².